The molecule has 0 aliphatic rings. The van der Waals surface area contributed by atoms with Gasteiger partial charge in [-0.05, 0) is 25.2 Å². The van der Waals surface area contributed by atoms with Gasteiger partial charge in [-0.25, -0.2) is 9.59 Å². The van der Waals surface area contributed by atoms with Crippen LogP contribution in [0.5, 0.6) is 0 Å². The second-order valence-corrected chi connectivity index (χ2v) is 5.78. The van der Waals surface area contributed by atoms with Crippen LogP contribution in [0.1, 0.15) is 73.1 Å². The molecule has 0 unspecified atom stereocenters. The van der Waals surface area contributed by atoms with Crippen LogP contribution in [-0.2, 0) is 19.1 Å². The normalized spacial score (nSPS) is 12.1. The molecule has 4 heteroatoms. The summed E-state index contributed by atoms with van der Waals surface area (Å²) in [6, 6.07) is 0. The number of hydrogen-bond acceptors (Lipinski definition) is 4. The second-order valence-electron chi connectivity index (χ2n) is 5.78. The quantitative estimate of drug-likeness (QED) is 0.322. The van der Waals surface area contributed by atoms with E-state index in [9.17, 15) is 9.59 Å². The van der Waals surface area contributed by atoms with Crippen molar-refractivity contribution in [1.82, 2.24) is 0 Å². The van der Waals surface area contributed by atoms with Gasteiger partial charge >= 0.3 is 11.9 Å². The van der Waals surface area contributed by atoms with Gasteiger partial charge in [0.2, 0.25) is 0 Å². The van der Waals surface area contributed by atoms with E-state index in [4.69, 9.17) is 9.47 Å². The summed E-state index contributed by atoms with van der Waals surface area (Å²) in [5.41, 5.74) is 0.953. The fourth-order valence-electron chi connectivity index (χ4n) is 2.09. The number of ether oxygens (including phenoxy) is 2. The van der Waals surface area contributed by atoms with Crippen molar-refractivity contribution < 1.29 is 19.1 Å². The lowest BCUT2D eigenvalue weighted by atomic mass is 9.94. The molecule has 0 radical (unpaired) electrons. The summed E-state index contributed by atoms with van der Waals surface area (Å²) >= 11 is 0. The molecule has 0 aliphatic heterocycles. The molecule has 0 rings (SSSR count). The number of unbranched alkanes of at least 4 members (excludes halogenated alkanes) is 2. The van der Waals surface area contributed by atoms with E-state index in [2.05, 4.69) is 0 Å². The Morgan fingerprint density at radius 3 is 1.73 bits per heavy atom. The van der Waals surface area contributed by atoms with Gasteiger partial charge < -0.3 is 9.47 Å². The van der Waals surface area contributed by atoms with E-state index in [-0.39, 0.29) is 17.9 Å². The summed E-state index contributed by atoms with van der Waals surface area (Å²) in [5, 5.41) is 0. The highest BCUT2D eigenvalue weighted by atomic mass is 16.5. The third kappa shape index (κ3) is 7.62. The lowest BCUT2D eigenvalue weighted by Gasteiger charge is -2.16. The minimum atomic E-state index is -0.376. The van der Waals surface area contributed by atoms with Gasteiger partial charge in [-0.2, -0.15) is 0 Å². The zero-order valence-corrected chi connectivity index (χ0v) is 14.9. The van der Waals surface area contributed by atoms with Crippen LogP contribution in [0.15, 0.2) is 11.1 Å². The van der Waals surface area contributed by atoms with E-state index < -0.39 is 0 Å². The third-order valence-corrected chi connectivity index (χ3v) is 3.33. The molecule has 0 heterocycles. The molecular weight excluding hydrogens is 280 g/mol. The van der Waals surface area contributed by atoms with Gasteiger partial charge in [-0.3, -0.25) is 0 Å². The van der Waals surface area contributed by atoms with E-state index in [0.717, 1.165) is 32.1 Å². The van der Waals surface area contributed by atoms with E-state index in [0.29, 0.717) is 30.8 Å². The molecule has 4 nitrogen and oxygen atoms in total. The maximum absolute atomic E-state index is 12.3. The van der Waals surface area contributed by atoms with Crippen molar-refractivity contribution in [1.29, 1.82) is 0 Å². The summed E-state index contributed by atoms with van der Waals surface area (Å²) < 4.78 is 10.6. The highest BCUT2D eigenvalue weighted by Gasteiger charge is 2.25. The maximum Gasteiger partial charge on any atom is 0.334 e. The van der Waals surface area contributed by atoms with Crippen molar-refractivity contribution in [3.63, 3.8) is 0 Å². The molecule has 128 valence electrons. The topological polar surface area (TPSA) is 52.6 Å². The van der Waals surface area contributed by atoms with Gasteiger partial charge in [0.05, 0.1) is 18.8 Å². The Morgan fingerprint density at radius 1 is 0.818 bits per heavy atom. The molecule has 0 N–H and O–H groups in total. The number of carbonyl (C=O) groups excluding carboxylic acids is 2. The summed E-state index contributed by atoms with van der Waals surface area (Å²) in [6.45, 7) is 10.7. The van der Waals surface area contributed by atoms with Gasteiger partial charge in [0.1, 0.15) is 0 Å². The molecular formula is C18H32O4. The smallest absolute Gasteiger partial charge is 0.334 e. The van der Waals surface area contributed by atoms with E-state index in [1.807, 2.05) is 34.6 Å². The molecule has 0 aromatic heterocycles. The van der Waals surface area contributed by atoms with Crippen molar-refractivity contribution in [3.8, 4) is 0 Å². The second kappa shape index (κ2) is 12.2. The number of rotatable bonds is 11. The summed E-state index contributed by atoms with van der Waals surface area (Å²) in [5.74, 6) is -0.805. The van der Waals surface area contributed by atoms with Gasteiger partial charge in [0.15, 0.2) is 0 Å². The van der Waals surface area contributed by atoms with E-state index in [1.54, 1.807) is 0 Å². The van der Waals surface area contributed by atoms with Crippen molar-refractivity contribution in [3.05, 3.63) is 11.1 Å². The van der Waals surface area contributed by atoms with Crippen molar-refractivity contribution in [2.45, 2.75) is 73.1 Å². The lowest BCUT2D eigenvalue weighted by Crippen LogP contribution is -2.20. The summed E-state index contributed by atoms with van der Waals surface area (Å²) in [6.07, 6.45) is 4.94. The molecule has 0 spiro atoms. The van der Waals surface area contributed by atoms with Crippen LogP contribution >= 0.6 is 0 Å². The molecule has 0 saturated heterocycles. The first-order valence-electron chi connectivity index (χ1n) is 8.56. The average Bonchev–Trinajstić information content (AvgIpc) is 2.46. The Balaban J connectivity index is 5.18. The summed E-state index contributed by atoms with van der Waals surface area (Å²) in [7, 11) is 0. The first kappa shape index (κ1) is 20.7. The van der Waals surface area contributed by atoms with Crippen LogP contribution in [0.2, 0.25) is 0 Å². The van der Waals surface area contributed by atoms with Crippen LogP contribution < -0.4 is 0 Å². The van der Waals surface area contributed by atoms with Crippen LogP contribution in [0, 0.1) is 5.92 Å². The maximum atomic E-state index is 12.3. The molecule has 0 aromatic carbocycles. The molecule has 0 amide bonds. The standard InChI is InChI=1S/C18H32O4/c1-6-9-12-21-17(19)15(11-8-3)16(14(4)5)18(20)22-13-10-7-2/h14H,6-13H2,1-5H3. The van der Waals surface area contributed by atoms with Gasteiger partial charge in [0.25, 0.3) is 0 Å². The Kier molecular flexibility index (Phi) is 11.5. The first-order valence-corrected chi connectivity index (χ1v) is 8.56. The van der Waals surface area contributed by atoms with E-state index in [1.165, 1.54) is 0 Å². The molecule has 0 bridgehead atoms. The third-order valence-electron chi connectivity index (χ3n) is 3.33. The molecule has 0 aliphatic carbocycles. The Bertz CT molecular complexity index is 369. The van der Waals surface area contributed by atoms with Crippen molar-refractivity contribution in [2.24, 2.45) is 5.92 Å². The zero-order chi connectivity index (χ0) is 17.0. The Hall–Kier alpha value is -1.32. The predicted octanol–water partition coefficient (Wildman–Crippen LogP) is 4.43. The highest BCUT2D eigenvalue weighted by molar-refractivity contribution is 6.00. The van der Waals surface area contributed by atoms with Crippen LogP contribution in [0.4, 0.5) is 0 Å². The Labute approximate surface area is 135 Å². The van der Waals surface area contributed by atoms with Crippen LogP contribution in [-0.4, -0.2) is 25.2 Å². The van der Waals surface area contributed by atoms with Gasteiger partial charge in [-0.1, -0.05) is 53.9 Å². The lowest BCUT2D eigenvalue weighted by molar-refractivity contribution is -0.143. The number of carbonyl (C=O) groups is 2. The average molecular weight is 312 g/mol. The number of hydrogen-bond donors (Lipinski definition) is 0. The zero-order valence-electron chi connectivity index (χ0n) is 14.9. The first-order chi connectivity index (χ1) is 10.5. The number of esters is 2. The molecule has 0 saturated carbocycles. The van der Waals surface area contributed by atoms with Crippen LogP contribution in [0.3, 0.4) is 0 Å². The highest BCUT2D eigenvalue weighted by Crippen LogP contribution is 2.22. The molecule has 0 atom stereocenters. The van der Waals surface area contributed by atoms with Crippen LogP contribution in [0.25, 0.3) is 0 Å². The van der Waals surface area contributed by atoms with Crippen molar-refractivity contribution in [2.75, 3.05) is 13.2 Å². The summed E-state index contributed by atoms with van der Waals surface area (Å²) in [4.78, 5) is 24.6. The monoisotopic (exact) mass is 312 g/mol. The molecule has 0 aromatic rings. The fraction of sp³-hybridized carbons (Fsp3) is 0.778. The largest absolute Gasteiger partial charge is 0.462 e. The fourth-order valence-corrected chi connectivity index (χ4v) is 2.09. The van der Waals surface area contributed by atoms with Gasteiger partial charge in [-0.15, -0.1) is 0 Å². The molecule has 22 heavy (non-hydrogen) atoms. The van der Waals surface area contributed by atoms with Gasteiger partial charge in [0, 0.05) is 5.57 Å². The predicted molar refractivity (Wildman–Crippen MR) is 88.5 cm³/mol. The minimum absolute atomic E-state index is 0.0607. The molecule has 0 fully saturated rings. The SMILES string of the molecule is CCCCOC(=O)C(CCC)=C(C(=O)OCCCC)C(C)C. The van der Waals surface area contributed by atoms with E-state index >= 15 is 0 Å². The van der Waals surface area contributed by atoms with Crippen molar-refractivity contribution >= 4 is 11.9 Å². The minimum Gasteiger partial charge on any atom is -0.462 e. The Morgan fingerprint density at radius 2 is 1.32 bits per heavy atom.